The zero-order valence-corrected chi connectivity index (χ0v) is 10.7. The van der Waals surface area contributed by atoms with Gasteiger partial charge in [-0.1, -0.05) is 38.8 Å². The van der Waals surface area contributed by atoms with Crippen molar-refractivity contribution in [3.05, 3.63) is 11.6 Å². The van der Waals surface area contributed by atoms with Gasteiger partial charge in [0.15, 0.2) is 0 Å². The molecule has 1 heteroatoms. The van der Waals surface area contributed by atoms with Crippen LogP contribution in [0.1, 0.15) is 59.3 Å². The fourth-order valence-electron chi connectivity index (χ4n) is 2.38. The number of nitrogens with one attached hydrogen (secondary N) is 1. The molecule has 1 nitrogen and oxygen atoms in total. The van der Waals surface area contributed by atoms with Gasteiger partial charge in [0.2, 0.25) is 0 Å². The highest BCUT2D eigenvalue weighted by Crippen LogP contribution is 2.25. The zero-order chi connectivity index (χ0) is 11.1. The molecule has 0 aromatic carbocycles. The third kappa shape index (κ3) is 3.98. The number of hydrogen-bond donors (Lipinski definition) is 1. The summed E-state index contributed by atoms with van der Waals surface area (Å²) >= 11 is 0. The van der Waals surface area contributed by atoms with E-state index in [0.717, 1.165) is 12.5 Å². The van der Waals surface area contributed by atoms with E-state index in [0.29, 0.717) is 6.04 Å². The molecule has 0 saturated carbocycles. The molecular weight excluding hydrogens is 182 g/mol. The summed E-state index contributed by atoms with van der Waals surface area (Å²) in [5, 5.41) is 3.72. The third-order valence-electron chi connectivity index (χ3n) is 3.55. The van der Waals surface area contributed by atoms with E-state index in [-0.39, 0.29) is 0 Å². The molecule has 0 aromatic rings. The molecule has 2 unspecified atom stereocenters. The molecule has 0 heterocycles. The van der Waals surface area contributed by atoms with Crippen molar-refractivity contribution in [1.29, 1.82) is 0 Å². The van der Waals surface area contributed by atoms with Crippen molar-refractivity contribution in [3.8, 4) is 0 Å². The van der Waals surface area contributed by atoms with E-state index in [1.165, 1.54) is 38.5 Å². The van der Waals surface area contributed by atoms with Gasteiger partial charge in [0.1, 0.15) is 0 Å². The van der Waals surface area contributed by atoms with Crippen LogP contribution in [0.5, 0.6) is 0 Å². The molecule has 0 amide bonds. The Labute approximate surface area is 95.3 Å². The van der Waals surface area contributed by atoms with Gasteiger partial charge in [-0.05, 0) is 44.6 Å². The van der Waals surface area contributed by atoms with Crippen LogP contribution in [0.25, 0.3) is 0 Å². The lowest BCUT2D eigenvalue weighted by Gasteiger charge is -2.29. The predicted molar refractivity (Wildman–Crippen MR) is 68.1 cm³/mol. The molecular formula is C14H27N. The van der Waals surface area contributed by atoms with Crippen molar-refractivity contribution in [2.45, 2.75) is 65.3 Å². The van der Waals surface area contributed by atoms with Gasteiger partial charge in [-0.3, -0.25) is 0 Å². The van der Waals surface area contributed by atoms with Crippen molar-refractivity contribution in [2.75, 3.05) is 6.54 Å². The van der Waals surface area contributed by atoms with Gasteiger partial charge in [-0.25, -0.2) is 0 Å². The Morgan fingerprint density at radius 2 is 2.13 bits per heavy atom. The molecule has 15 heavy (non-hydrogen) atoms. The van der Waals surface area contributed by atoms with Crippen LogP contribution in [0.4, 0.5) is 0 Å². The van der Waals surface area contributed by atoms with E-state index in [2.05, 4.69) is 32.2 Å². The maximum absolute atomic E-state index is 3.72. The summed E-state index contributed by atoms with van der Waals surface area (Å²) < 4.78 is 0. The zero-order valence-electron chi connectivity index (χ0n) is 10.7. The van der Waals surface area contributed by atoms with Gasteiger partial charge in [0.25, 0.3) is 0 Å². The Morgan fingerprint density at radius 3 is 2.67 bits per heavy atom. The SMILES string of the molecule is CCCNC(C1=CCCCC1)C(C)CC. The average molecular weight is 209 g/mol. The van der Waals surface area contributed by atoms with Gasteiger partial charge in [-0.15, -0.1) is 0 Å². The Kier molecular flexibility index (Phi) is 6.00. The summed E-state index contributed by atoms with van der Waals surface area (Å²) in [6.07, 6.45) is 10.4. The molecule has 0 bridgehead atoms. The normalized spacial score (nSPS) is 20.9. The quantitative estimate of drug-likeness (QED) is 0.654. The molecule has 0 aromatic heterocycles. The lowest BCUT2D eigenvalue weighted by molar-refractivity contribution is 0.393. The van der Waals surface area contributed by atoms with E-state index < -0.39 is 0 Å². The maximum Gasteiger partial charge on any atom is 0.0305 e. The van der Waals surface area contributed by atoms with Crippen LogP contribution in [0.2, 0.25) is 0 Å². The second-order valence-corrected chi connectivity index (χ2v) is 4.84. The molecule has 2 atom stereocenters. The van der Waals surface area contributed by atoms with Gasteiger partial charge in [0, 0.05) is 6.04 Å². The summed E-state index contributed by atoms with van der Waals surface area (Å²) in [4.78, 5) is 0. The van der Waals surface area contributed by atoms with Crippen molar-refractivity contribution in [1.82, 2.24) is 5.32 Å². The number of hydrogen-bond acceptors (Lipinski definition) is 1. The lowest BCUT2D eigenvalue weighted by Crippen LogP contribution is -2.37. The second kappa shape index (κ2) is 7.05. The Hall–Kier alpha value is -0.300. The standard InChI is InChI=1S/C14H27N/c1-4-11-15-14(12(3)5-2)13-9-7-6-8-10-13/h9,12,14-15H,4-8,10-11H2,1-3H3. The van der Waals surface area contributed by atoms with E-state index in [1.807, 2.05) is 0 Å². The van der Waals surface area contributed by atoms with E-state index >= 15 is 0 Å². The molecule has 0 fully saturated rings. The van der Waals surface area contributed by atoms with Gasteiger partial charge in [0.05, 0.1) is 0 Å². The van der Waals surface area contributed by atoms with Crippen molar-refractivity contribution in [2.24, 2.45) is 5.92 Å². The number of rotatable bonds is 6. The van der Waals surface area contributed by atoms with Crippen molar-refractivity contribution < 1.29 is 0 Å². The Morgan fingerprint density at radius 1 is 1.33 bits per heavy atom. The minimum Gasteiger partial charge on any atom is -0.310 e. The summed E-state index contributed by atoms with van der Waals surface area (Å²) in [6.45, 7) is 8.08. The molecule has 0 radical (unpaired) electrons. The summed E-state index contributed by atoms with van der Waals surface area (Å²) in [6, 6.07) is 0.648. The Balaban J connectivity index is 2.57. The van der Waals surface area contributed by atoms with Crippen LogP contribution in [-0.2, 0) is 0 Å². The van der Waals surface area contributed by atoms with Crippen LogP contribution < -0.4 is 5.32 Å². The summed E-state index contributed by atoms with van der Waals surface area (Å²) in [5.41, 5.74) is 1.68. The smallest absolute Gasteiger partial charge is 0.0305 e. The van der Waals surface area contributed by atoms with Gasteiger partial charge in [-0.2, -0.15) is 0 Å². The van der Waals surface area contributed by atoms with Crippen molar-refractivity contribution >= 4 is 0 Å². The summed E-state index contributed by atoms with van der Waals surface area (Å²) in [7, 11) is 0. The summed E-state index contributed by atoms with van der Waals surface area (Å²) in [5.74, 6) is 0.779. The van der Waals surface area contributed by atoms with Crippen LogP contribution in [0.15, 0.2) is 11.6 Å². The van der Waals surface area contributed by atoms with Crippen LogP contribution >= 0.6 is 0 Å². The minimum absolute atomic E-state index is 0.648. The monoisotopic (exact) mass is 209 g/mol. The second-order valence-electron chi connectivity index (χ2n) is 4.84. The first kappa shape index (κ1) is 12.8. The molecule has 1 rings (SSSR count). The average Bonchev–Trinajstić information content (AvgIpc) is 2.30. The maximum atomic E-state index is 3.72. The first-order valence-corrected chi connectivity index (χ1v) is 6.71. The fraction of sp³-hybridized carbons (Fsp3) is 0.857. The van der Waals surface area contributed by atoms with Gasteiger partial charge < -0.3 is 5.32 Å². The molecule has 1 N–H and O–H groups in total. The van der Waals surface area contributed by atoms with E-state index in [1.54, 1.807) is 5.57 Å². The number of allylic oxidation sites excluding steroid dienone is 1. The van der Waals surface area contributed by atoms with Gasteiger partial charge >= 0.3 is 0 Å². The highest BCUT2D eigenvalue weighted by atomic mass is 14.9. The highest BCUT2D eigenvalue weighted by Gasteiger charge is 2.20. The molecule has 0 saturated heterocycles. The molecule has 1 aliphatic rings. The minimum atomic E-state index is 0.648. The molecule has 1 aliphatic carbocycles. The van der Waals surface area contributed by atoms with Crippen LogP contribution in [0.3, 0.4) is 0 Å². The third-order valence-corrected chi connectivity index (χ3v) is 3.55. The topological polar surface area (TPSA) is 12.0 Å². The molecule has 0 spiro atoms. The molecule has 88 valence electrons. The Bertz CT molecular complexity index is 196. The molecule has 0 aliphatic heterocycles. The fourth-order valence-corrected chi connectivity index (χ4v) is 2.38. The first-order valence-electron chi connectivity index (χ1n) is 6.71. The lowest BCUT2D eigenvalue weighted by atomic mass is 9.86. The van der Waals surface area contributed by atoms with Crippen LogP contribution in [0, 0.1) is 5.92 Å². The highest BCUT2D eigenvalue weighted by molar-refractivity contribution is 5.14. The largest absolute Gasteiger partial charge is 0.310 e. The predicted octanol–water partition coefficient (Wildman–Crippen LogP) is 3.90. The van der Waals surface area contributed by atoms with E-state index in [4.69, 9.17) is 0 Å². The van der Waals surface area contributed by atoms with E-state index in [9.17, 15) is 0 Å². The first-order chi connectivity index (χ1) is 7.29. The van der Waals surface area contributed by atoms with Crippen molar-refractivity contribution in [3.63, 3.8) is 0 Å². The van der Waals surface area contributed by atoms with Crippen LogP contribution in [-0.4, -0.2) is 12.6 Å².